The maximum absolute atomic E-state index is 12.0. The van der Waals surface area contributed by atoms with Crippen LogP contribution in [0.2, 0.25) is 0 Å². The number of nitrogens with one attached hydrogen (secondary N) is 2. The van der Waals surface area contributed by atoms with Gasteiger partial charge in [0.1, 0.15) is 0 Å². The van der Waals surface area contributed by atoms with Crippen molar-refractivity contribution in [2.24, 2.45) is 5.92 Å². The van der Waals surface area contributed by atoms with Crippen molar-refractivity contribution < 1.29 is 4.79 Å². The molecule has 0 atom stereocenters. The van der Waals surface area contributed by atoms with Crippen LogP contribution in [0, 0.1) is 5.92 Å². The van der Waals surface area contributed by atoms with Gasteiger partial charge in [-0.15, -0.1) is 0 Å². The van der Waals surface area contributed by atoms with Crippen molar-refractivity contribution in [3.63, 3.8) is 0 Å². The van der Waals surface area contributed by atoms with Crippen LogP contribution in [0.1, 0.15) is 77.6 Å². The van der Waals surface area contributed by atoms with Gasteiger partial charge in [0.15, 0.2) is 0 Å². The third kappa shape index (κ3) is 5.43. The van der Waals surface area contributed by atoms with Crippen molar-refractivity contribution in [1.82, 2.24) is 10.6 Å². The van der Waals surface area contributed by atoms with Gasteiger partial charge >= 0.3 is 0 Å². The Bertz CT molecular complexity index is 279. The summed E-state index contributed by atoms with van der Waals surface area (Å²) in [7, 11) is 0. The van der Waals surface area contributed by atoms with Crippen molar-refractivity contribution in [2.45, 2.75) is 89.6 Å². The molecular weight excluding hydrogens is 248 g/mol. The molecule has 2 N–H and O–H groups in total. The van der Waals surface area contributed by atoms with Crippen LogP contribution in [0.25, 0.3) is 0 Å². The van der Waals surface area contributed by atoms with Crippen LogP contribution in [-0.2, 0) is 4.79 Å². The lowest BCUT2D eigenvalue weighted by Crippen LogP contribution is -2.42. The zero-order valence-electron chi connectivity index (χ0n) is 13.1. The highest BCUT2D eigenvalue weighted by atomic mass is 16.1. The first-order valence-corrected chi connectivity index (χ1v) is 8.80. The van der Waals surface area contributed by atoms with Crippen LogP contribution in [0.4, 0.5) is 0 Å². The Morgan fingerprint density at radius 3 is 2.30 bits per heavy atom. The Balaban J connectivity index is 1.56. The van der Waals surface area contributed by atoms with Gasteiger partial charge in [0.25, 0.3) is 0 Å². The molecule has 3 heteroatoms. The zero-order valence-corrected chi connectivity index (χ0v) is 13.1. The molecule has 2 rings (SSSR count). The number of carbonyl (C=O) groups excluding carboxylic acids is 1. The van der Waals surface area contributed by atoms with Crippen molar-refractivity contribution in [3.05, 3.63) is 0 Å². The largest absolute Gasteiger partial charge is 0.353 e. The van der Waals surface area contributed by atoms with Gasteiger partial charge in [0.05, 0.1) is 0 Å². The topological polar surface area (TPSA) is 41.1 Å². The predicted octanol–water partition coefficient (Wildman–Crippen LogP) is 3.38. The van der Waals surface area contributed by atoms with Crippen LogP contribution in [0.5, 0.6) is 0 Å². The Labute approximate surface area is 124 Å². The predicted molar refractivity (Wildman–Crippen MR) is 83.7 cm³/mol. The SMILES string of the molecule is CCCNC1CCC(NC(=O)CCC2CCCC2)CC1. The van der Waals surface area contributed by atoms with E-state index in [9.17, 15) is 4.79 Å². The summed E-state index contributed by atoms with van der Waals surface area (Å²) in [6.07, 6.45) is 13.2. The average molecular weight is 280 g/mol. The van der Waals surface area contributed by atoms with Crippen molar-refractivity contribution in [2.75, 3.05) is 6.54 Å². The molecule has 2 aliphatic rings. The van der Waals surface area contributed by atoms with Gasteiger partial charge in [0, 0.05) is 18.5 Å². The molecule has 0 aliphatic heterocycles. The Hall–Kier alpha value is -0.570. The number of rotatable bonds is 7. The van der Waals surface area contributed by atoms with Crippen LogP contribution in [-0.4, -0.2) is 24.5 Å². The molecule has 2 aliphatic carbocycles. The van der Waals surface area contributed by atoms with E-state index in [1.165, 1.54) is 44.9 Å². The van der Waals surface area contributed by atoms with Gasteiger partial charge in [-0.25, -0.2) is 0 Å². The molecule has 3 nitrogen and oxygen atoms in total. The summed E-state index contributed by atoms with van der Waals surface area (Å²) >= 11 is 0. The molecule has 0 saturated heterocycles. The molecule has 116 valence electrons. The van der Waals surface area contributed by atoms with Gasteiger partial charge in [-0.3, -0.25) is 4.79 Å². The van der Waals surface area contributed by atoms with Crippen molar-refractivity contribution in [1.29, 1.82) is 0 Å². The van der Waals surface area contributed by atoms with Crippen LogP contribution in [0.3, 0.4) is 0 Å². The second-order valence-corrected chi connectivity index (χ2v) is 6.76. The van der Waals surface area contributed by atoms with E-state index in [0.29, 0.717) is 18.0 Å². The fraction of sp³-hybridized carbons (Fsp3) is 0.941. The Kier molecular flexibility index (Phi) is 6.85. The molecule has 0 radical (unpaired) electrons. The summed E-state index contributed by atoms with van der Waals surface area (Å²) in [4.78, 5) is 12.0. The first-order valence-electron chi connectivity index (χ1n) is 8.80. The fourth-order valence-corrected chi connectivity index (χ4v) is 3.72. The number of carbonyl (C=O) groups is 1. The summed E-state index contributed by atoms with van der Waals surface area (Å²) < 4.78 is 0. The molecule has 0 bridgehead atoms. The molecule has 0 unspecified atom stereocenters. The highest BCUT2D eigenvalue weighted by molar-refractivity contribution is 5.76. The van der Waals surface area contributed by atoms with Crippen LogP contribution < -0.4 is 10.6 Å². The molecule has 0 aromatic heterocycles. The number of hydrogen-bond acceptors (Lipinski definition) is 2. The van der Waals surface area contributed by atoms with Crippen LogP contribution >= 0.6 is 0 Å². The van der Waals surface area contributed by atoms with E-state index in [0.717, 1.165) is 38.1 Å². The van der Waals surface area contributed by atoms with E-state index < -0.39 is 0 Å². The smallest absolute Gasteiger partial charge is 0.220 e. The van der Waals surface area contributed by atoms with E-state index >= 15 is 0 Å². The molecule has 20 heavy (non-hydrogen) atoms. The summed E-state index contributed by atoms with van der Waals surface area (Å²) in [5.41, 5.74) is 0. The molecule has 0 spiro atoms. The van der Waals surface area contributed by atoms with Gasteiger partial charge in [-0.2, -0.15) is 0 Å². The first kappa shape index (κ1) is 15.8. The van der Waals surface area contributed by atoms with Gasteiger partial charge in [-0.05, 0) is 51.0 Å². The molecular formula is C17H32N2O. The monoisotopic (exact) mass is 280 g/mol. The van der Waals surface area contributed by atoms with Gasteiger partial charge < -0.3 is 10.6 Å². The second kappa shape index (κ2) is 8.66. The lowest BCUT2D eigenvalue weighted by atomic mass is 9.91. The summed E-state index contributed by atoms with van der Waals surface area (Å²) in [6.45, 7) is 3.34. The third-order valence-corrected chi connectivity index (χ3v) is 5.03. The van der Waals surface area contributed by atoms with Gasteiger partial charge in [-0.1, -0.05) is 32.6 Å². The Morgan fingerprint density at radius 1 is 1.00 bits per heavy atom. The van der Waals surface area contributed by atoms with E-state index in [1.807, 2.05) is 0 Å². The standard InChI is InChI=1S/C17H32N2O/c1-2-13-18-15-8-10-16(11-9-15)19-17(20)12-7-14-5-3-4-6-14/h14-16,18H,2-13H2,1H3,(H,19,20). The maximum atomic E-state index is 12.0. The lowest BCUT2D eigenvalue weighted by Gasteiger charge is -2.29. The van der Waals surface area contributed by atoms with Gasteiger partial charge in [0.2, 0.25) is 5.91 Å². The summed E-state index contributed by atoms with van der Waals surface area (Å²) in [5.74, 6) is 1.12. The molecule has 0 aromatic carbocycles. The zero-order chi connectivity index (χ0) is 14.2. The van der Waals surface area contributed by atoms with E-state index in [4.69, 9.17) is 0 Å². The molecule has 1 amide bonds. The summed E-state index contributed by atoms with van der Waals surface area (Å²) in [6, 6.07) is 1.12. The van der Waals surface area contributed by atoms with E-state index in [-0.39, 0.29) is 0 Å². The highest BCUT2D eigenvalue weighted by Crippen LogP contribution is 2.28. The quantitative estimate of drug-likeness (QED) is 0.750. The van der Waals surface area contributed by atoms with Crippen molar-refractivity contribution >= 4 is 5.91 Å². The van der Waals surface area contributed by atoms with Crippen molar-refractivity contribution in [3.8, 4) is 0 Å². The van der Waals surface area contributed by atoms with E-state index in [1.54, 1.807) is 0 Å². The summed E-state index contributed by atoms with van der Waals surface area (Å²) in [5, 5.41) is 6.85. The minimum atomic E-state index is 0.293. The lowest BCUT2D eigenvalue weighted by molar-refractivity contribution is -0.122. The average Bonchev–Trinajstić information content (AvgIpc) is 2.98. The van der Waals surface area contributed by atoms with E-state index in [2.05, 4.69) is 17.6 Å². The minimum absolute atomic E-state index is 0.293. The molecule has 2 fully saturated rings. The molecule has 2 saturated carbocycles. The fourth-order valence-electron chi connectivity index (χ4n) is 3.72. The Morgan fingerprint density at radius 2 is 1.65 bits per heavy atom. The number of hydrogen-bond donors (Lipinski definition) is 2. The first-order chi connectivity index (χ1) is 9.78. The maximum Gasteiger partial charge on any atom is 0.220 e. The van der Waals surface area contributed by atoms with Crippen LogP contribution in [0.15, 0.2) is 0 Å². The highest BCUT2D eigenvalue weighted by Gasteiger charge is 2.22. The second-order valence-electron chi connectivity index (χ2n) is 6.76. The third-order valence-electron chi connectivity index (χ3n) is 5.03. The normalized spacial score (nSPS) is 27.6. The number of amides is 1. The minimum Gasteiger partial charge on any atom is -0.353 e. The molecule has 0 heterocycles. The molecule has 0 aromatic rings.